The number of alkyl halides is 3. The number of aromatic hydroxyl groups is 1. The minimum absolute atomic E-state index is 0.0357. The van der Waals surface area contributed by atoms with Crippen molar-refractivity contribution in [2.24, 2.45) is 0 Å². The highest BCUT2D eigenvalue weighted by molar-refractivity contribution is 5.78. The Morgan fingerprint density at radius 2 is 1.53 bits per heavy atom. The number of hydrogen-bond donors (Lipinski definition) is 4. The molecule has 0 radical (unpaired) electrons. The minimum atomic E-state index is -5.47. The number of ketones is 1. The molecule has 1 rings (SSSR count). The Morgan fingerprint density at radius 3 is 1.82 bits per heavy atom. The van der Waals surface area contributed by atoms with Gasteiger partial charge >= 0.3 is 18.1 Å². The second kappa shape index (κ2) is 13.9. The van der Waals surface area contributed by atoms with Gasteiger partial charge < -0.3 is 30.0 Å². The van der Waals surface area contributed by atoms with Gasteiger partial charge in [0.05, 0.1) is 6.61 Å². The fourth-order valence-corrected chi connectivity index (χ4v) is 2.72. The van der Waals surface area contributed by atoms with Crippen molar-refractivity contribution in [1.29, 1.82) is 0 Å². The van der Waals surface area contributed by atoms with E-state index in [1.807, 2.05) is 0 Å². The third kappa shape index (κ3) is 10.9. The topological polar surface area (TPSA) is 141 Å². The van der Waals surface area contributed by atoms with Gasteiger partial charge in [0, 0.05) is 25.5 Å². The number of aliphatic hydroxyl groups is 2. The van der Waals surface area contributed by atoms with Crippen LogP contribution in [0, 0.1) is 5.82 Å². The van der Waals surface area contributed by atoms with Gasteiger partial charge in [0.25, 0.3) is 5.60 Å². The summed E-state index contributed by atoms with van der Waals surface area (Å²) in [6.45, 7) is 8.56. The van der Waals surface area contributed by atoms with E-state index in [2.05, 4.69) is 4.74 Å². The van der Waals surface area contributed by atoms with Crippen LogP contribution >= 0.6 is 0 Å². The largest absolute Gasteiger partial charge is 0.507 e. The van der Waals surface area contributed by atoms with E-state index < -0.39 is 47.8 Å². The summed E-state index contributed by atoms with van der Waals surface area (Å²) >= 11 is 0. The summed E-state index contributed by atoms with van der Waals surface area (Å²) in [6.07, 6.45) is -6.95. The summed E-state index contributed by atoms with van der Waals surface area (Å²) < 4.78 is 57.0. The number of aliphatic hydroxyl groups excluding tert-OH is 1. The number of esters is 1. The van der Waals surface area contributed by atoms with Gasteiger partial charge in [0.2, 0.25) is 0 Å². The predicted molar refractivity (Wildman–Crippen MR) is 114 cm³/mol. The second-order valence-corrected chi connectivity index (χ2v) is 7.99. The van der Waals surface area contributed by atoms with Crippen molar-refractivity contribution in [2.75, 3.05) is 13.2 Å². The highest BCUT2D eigenvalue weighted by Crippen LogP contribution is 2.44. The molecule has 8 nitrogen and oxygen atoms in total. The number of Topliss-reactive ketones (excluding diaryl/α,β-unsaturated/α-hetero) is 1. The van der Waals surface area contributed by atoms with Crippen LogP contribution in [0.1, 0.15) is 59.1 Å². The maximum absolute atomic E-state index is 13.7. The van der Waals surface area contributed by atoms with E-state index in [1.54, 1.807) is 6.92 Å². The number of hydrogen-bond acceptors (Lipinski definition) is 7. The highest BCUT2D eigenvalue weighted by Gasteiger charge is 2.62. The van der Waals surface area contributed by atoms with E-state index in [1.165, 1.54) is 20.8 Å². The predicted octanol–water partition coefficient (Wildman–Crippen LogP) is 3.28. The smallest absolute Gasteiger partial charge is 0.428 e. The van der Waals surface area contributed by atoms with Crippen LogP contribution in [0.25, 0.3) is 0 Å². The summed E-state index contributed by atoms with van der Waals surface area (Å²) in [5, 5.41) is 37.4. The van der Waals surface area contributed by atoms with E-state index in [4.69, 9.17) is 10.2 Å². The van der Waals surface area contributed by atoms with Crippen LogP contribution < -0.4 is 0 Å². The molecule has 1 atom stereocenters. The molecule has 0 bridgehead atoms. The molecule has 12 heteroatoms. The first-order valence-electron chi connectivity index (χ1n) is 10.0. The molecule has 0 aliphatic heterocycles. The number of ether oxygens (including phenoxy) is 1. The first-order chi connectivity index (χ1) is 15.3. The first kappa shape index (κ1) is 33.4. The zero-order valence-electron chi connectivity index (χ0n) is 19.9. The molecule has 0 aliphatic rings. The van der Waals surface area contributed by atoms with Crippen molar-refractivity contribution >= 4 is 17.7 Å². The van der Waals surface area contributed by atoms with Gasteiger partial charge in [0.15, 0.2) is 0 Å². The standard InChI is InChI=1S/C15H18F4O5.C4H8O2.C3H6O/c1-13(2,7-14(24,12(22)23)15(17,18)19)10-6-9(16)5-8(3-4-20)11(10)21;1-3-6-4(2)5;1-3(2)4/h5-6,20-21,24H,3-4,7H2,1-2H3,(H,22,23);3H2,1-2H3;1-2H3. The quantitative estimate of drug-likeness (QED) is 0.330. The Hall–Kier alpha value is -2.73. The van der Waals surface area contributed by atoms with Gasteiger partial charge in [-0.1, -0.05) is 13.8 Å². The van der Waals surface area contributed by atoms with Crippen molar-refractivity contribution in [2.45, 2.75) is 71.6 Å². The fraction of sp³-hybridized carbons (Fsp3) is 0.591. The van der Waals surface area contributed by atoms with E-state index in [0.29, 0.717) is 6.61 Å². The van der Waals surface area contributed by atoms with E-state index in [9.17, 15) is 42.2 Å². The second-order valence-electron chi connectivity index (χ2n) is 7.99. The molecule has 0 saturated heterocycles. The molecule has 4 N–H and O–H groups in total. The number of phenolic OH excluding ortho intramolecular Hbond substituents is 1. The lowest BCUT2D eigenvalue weighted by molar-refractivity contribution is -0.265. The van der Waals surface area contributed by atoms with Crippen molar-refractivity contribution in [3.63, 3.8) is 0 Å². The molecular formula is C22H32F4O8. The van der Waals surface area contributed by atoms with Crippen LogP contribution in [0.15, 0.2) is 12.1 Å². The molecular weight excluding hydrogens is 468 g/mol. The third-order valence-electron chi connectivity index (χ3n) is 4.13. The Labute approximate surface area is 195 Å². The van der Waals surface area contributed by atoms with Crippen molar-refractivity contribution in [1.82, 2.24) is 0 Å². The number of carbonyl (C=O) groups is 3. The number of rotatable bonds is 7. The van der Waals surface area contributed by atoms with Crippen LogP contribution in [-0.4, -0.2) is 63.1 Å². The van der Waals surface area contributed by atoms with Gasteiger partial charge in [0.1, 0.15) is 17.3 Å². The molecule has 0 aliphatic carbocycles. The molecule has 196 valence electrons. The van der Waals surface area contributed by atoms with Crippen LogP contribution in [0.4, 0.5) is 17.6 Å². The molecule has 0 fully saturated rings. The summed E-state index contributed by atoms with van der Waals surface area (Å²) in [7, 11) is 0. The Bertz CT molecular complexity index is 833. The molecule has 34 heavy (non-hydrogen) atoms. The summed E-state index contributed by atoms with van der Waals surface area (Å²) in [4.78, 5) is 30.2. The van der Waals surface area contributed by atoms with Crippen LogP contribution in [0.2, 0.25) is 0 Å². The lowest BCUT2D eigenvalue weighted by atomic mass is 9.74. The average molecular weight is 500 g/mol. The SMILES string of the molecule is CC(C)(CC(O)(C(=O)O)C(F)(F)F)c1cc(F)cc(CCO)c1O.CC(C)=O.CCOC(C)=O. The summed E-state index contributed by atoms with van der Waals surface area (Å²) in [5.74, 6) is -3.96. The number of carbonyl (C=O) groups excluding carboxylic acids is 2. The van der Waals surface area contributed by atoms with Crippen LogP contribution in [0.3, 0.4) is 0 Å². The maximum Gasteiger partial charge on any atom is 0.428 e. The zero-order valence-corrected chi connectivity index (χ0v) is 19.9. The van der Waals surface area contributed by atoms with E-state index in [0.717, 1.165) is 26.0 Å². The molecule has 1 aromatic carbocycles. The number of phenols is 1. The summed E-state index contributed by atoms with van der Waals surface area (Å²) in [6, 6.07) is 1.69. The number of carboxylic acid groups (broad SMARTS) is 1. The average Bonchev–Trinajstić information content (AvgIpc) is 2.63. The lowest BCUT2D eigenvalue weighted by Crippen LogP contribution is -2.55. The van der Waals surface area contributed by atoms with Gasteiger partial charge in [-0.2, -0.15) is 13.2 Å². The third-order valence-corrected chi connectivity index (χ3v) is 4.13. The normalized spacial score (nSPS) is 12.8. The van der Waals surface area contributed by atoms with E-state index in [-0.39, 0.29) is 29.3 Å². The minimum Gasteiger partial charge on any atom is -0.507 e. The molecule has 1 aromatic rings. The highest BCUT2D eigenvalue weighted by atomic mass is 19.4. The first-order valence-corrected chi connectivity index (χ1v) is 10.0. The maximum atomic E-state index is 13.7. The van der Waals surface area contributed by atoms with Gasteiger partial charge in [-0.15, -0.1) is 0 Å². The molecule has 0 heterocycles. The Kier molecular flexibility index (Phi) is 13.6. The Balaban J connectivity index is 0. The number of aliphatic carboxylic acids is 1. The summed E-state index contributed by atoms with van der Waals surface area (Å²) in [5.41, 5.74) is -6.13. The van der Waals surface area contributed by atoms with Crippen molar-refractivity contribution < 1.29 is 57.1 Å². The van der Waals surface area contributed by atoms with Gasteiger partial charge in [-0.3, -0.25) is 4.79 Å². The van der Waals surface area contributed by atoms with Crippen LogP contribution in [-0.2, 0) is 31.0 Å². The van der Waals surface area contributed by atoms with Gasteiger partial charge in [-0.05, 0) is 50.3 Å². The lowest BCUT2D eigenvalue weighted by Gasteiger charge is -2.35. The molecule has 0 spiro atoms. The van der Waals surface area contributed by atoms with Gasteiger partial charge in [-0.25, -0.2) is 9.18 Å². The van der Waals surface area contributed by atoms with E-state index >= 15 is 0 Å². The molecule has 0 amide bonds. The molecule has 0 aromatic heterocycles. The molecule has 1 unspecified atom stereocenters. The number of carboxylic acids is 1. The molecule has 0 saturated carbocycles. The Morgan fingerprint density at radius 1 is 1.06 bits per heavy atom. The monoisotopic (exact) mass is 500 g/mol. The van der Waals surface area contributed by atoms with Crippen LogP contribution in [0.5, 0.6) is 5.75 Å². The fourth-order valence-electron chi connectivity index (χ4n) is 2.72. The van der Waals surface area contributed by atoms with Crippen molar-refractivity contribution in [3.8, 4) is 5.75 Å². The zero-order chi connectivity index (χ0) is 27.5. The number of benzene rings is 1. The van der Waals surface area contributed by atoms with Crippen molar-refractivity contribution in [3.05, 3.63) is 29.1 Å². The number of halogens is 4.